The Labute approximate surface area is 120 Å². The minimum atomic E-state index is -1.13. The van der Waals surface area contributed by atoms with Crippen LogP contribution >= 0.6 is 15.9 Å². The van der Waals surface area contributed by atoms with Gasteiger partial charge >= 0.3 is 5.97 Å². The van der Waals surface area contributed by atoms with Gasteiger partial charge in [0.1, 0.15) is 11.3 Å². The molecule has 104 valence electrons. The number of rotatable bonds is 4. The number of methoxy groups -OCH3 is 1. The van der Waals surface area contributed by atoms with E-state index < -0.39 is 11.5 Å². The number of nitrogens with two attached hydrogens (primary N) is 1. The van der Waals surface area contributed by atoms with Crippen LogP contribution in [0.3, 0.4) is 0 Å². The molecular formula is C13H17BrN2O3. The summed E-state index contributed by atoms with van der Waals surface area (Å²) >= 11 is 3.43. The maximum atomic E-state index is 11.1. The molecule has 3 N–H and O–H groups in total. The molecule has 1 saturated heterocycles. The molecule has 0 amide bonds. The number of carbonyl (C=O) groups is 1. The van der Waals surface area contributed by atoms with E-state index in [4.69, 9.17) is 15.6 Å². The van der Waals surface area contributed by atoms with Crippen molar-refractivity contribution in [3.05, 3.63) is 28.2 Å². The number of likely N-dealkylation sites (tertiary alicyclic amines) is 1. The molecule has 2 rings (SSSR count). The second kappa shape index (κ2) is 5.48. The van der Waals surface area contributed by atoms with Crippen LogP contribution in [0.25, 0.3) is 0 Å². The van der Waals surface area contributed by atoms with E-state index in [1.54, 1.807) is 7.11 Å². The minimum Gasteiger partial charge on any atom is -0.496 e. The number of carboxylic acid groups (broad SMARTS) is 1. The maximum absolute atomic E-state index is 11.1. The number of ether oxygens (including phenoxy) is 1. The average molecular weight is 329 g/mol. The van der Waals surface area contributed by atoms with Gasteiger partial charge in [0.2, 0.25) is 0 Å². The number of carboxylic acids is 1. The van der Waals surface area contributed by atoms with Gasteiger partial charge in [-0.25, -0.2) is 0 Å². The molecule has 0 radical (unpaired) electrons. The lowest BCUT2D eigenvalue weighted by Gasteiger charge is -2.21. The fraction of sp³-hybridized carbons (Fsp3) is 0.462. The van der Waals surface area contributed by atoms with Crippen molar-refractivity contribution in [3.8, 4) is 5.75 Å². The Hall–Kier alpha value is -1.11. The number of aliphatic carboxylic acids is 1. The van der Waals surface area contributed by atoms with Crippen LogP contribution in [-0.4, -0.2) is 41.7 Å². The highest BCUT2D eigenvalue weighted by Crippen LogP contribution is 2.27. The first-order chi connectivity index (χ1) is 8.94. The number of benzene rings is 1. The first kappa shape index (κ1) is 14.3. The van der Waals surface area contributed by atoms with Crippen LogP contribution in [0.1, 0.15) is 12.0 Å². The van der Waals surface area contributed by atoms with E-state index in [1.807, 2.05) is 23.1 Å². The largest absolute Gasteiger partial charge is 0.496 e. The molecule has 1 aromatic rings. The molecule has 1 aliphatic rings. The highest BCUT2D eigenvalue weighted by Gasteiger charge is 2.41. The zero-order valence-corrected chi connectivity index (χ0v) is 12.3. The number of hydrogen-bond acceptors (Lipinski definition) is 4. The van der Waals surface area contributed by atoms with E-state index in [0.717, 1.165) is 15.8 Å². The Kier molecular flexibility index (Phi) is 4.13. The Morgan fingerprint density at radius 2 is 2.37 bits per heavy atom. The molecule has 1 aliphatic heterocycles. The third-order valence-corrected chi connectivity index (χ3v) is 3.94. The van der Waals surface area contributed by atoms with E-state index in [-0.39, 0.29) is 0 Å². The summed E-state index contributed by atoms with van der Waals surface area (Å²) in [6.07, 6.45) is 0.471. The second-order valence-electron chi connectivity index (χ2n) is 4.88. The molecule has 1 unspecified atom stereocenters. The summed E-state index contributed by atoms with van der Waals surface area (Å²) in [5.41, 5.74) is 5.76. The summed E-state index contributed by atoms with van der Waals surface area (Å²) in [7, 11) is 1.63. The normalized spacial score (nSPS) is 23.5. The quantitative estimate of drug-likeness (QED) is 0.874. The van der Waals surface area contributed by atoms with E-state index in [1.165, 1.54) is 0 Å². The van der Waals surface area contributed by atoms with Crippen LogP contribution in [0, 0.1) is 0 Å². The van der Waals surface area contributed by atoms with Crippen molar-refractivity contribution in [3.63, 3.8) is 0 Å². The smallest absolute Gasteiger partial charge is 0.325 e. The summed E-state index contributed by atoms with van der Waals surface area (Å²) in [5.74, 6) is -0.135. The lowest BCUT2D eigenvalue weighted by molar-refractivity contribution is -0.142. The van der Waals surface area contributed by atoms with Gasteiger partial charge in [-0.2, -0.15) is 0 Å². The van der Waals surface area contributed by atoms with Crippen molar-refractivity contribution in [1.82, 2.24) is 4.90 Å². The standard InChI is InChI=1S/C13H17BrN2O3/c1-19-11-3-2-10(14)6-9(11)7-16-5-4-13(15,8-16)12(17)18/h2-3,6H,4-5,7-8,15H2,1H3,(H,17,18). The van der Waals surface area contributed by atoms with Crippen LogP contribution in [0.2, 0.25) is 0 Å². The fourth-order valence-corrected chi connectivity index (χ4v) is 2.74. The third-order valence-electron chi connectivity index (χ3n) is 3.44. The van der Waals surface area contributed by atoms with E-state index >= 15 is 0 Å². The van der Waals surface area contributed by atoms with Gasteiger partial charge in [0, 0.05) is 29.7 Å². The SMILES string of the molecule is COc1ccc(Br)cc1CN1CCC(N)(C(=O)O)C1. The van der Waals surface area contributed by atoms with Gasteiger partial charge in [-0.15, -0.1) is 0 Å². The summed E-state index contributed by atoms with van der Waals surface area (Å²) < 4.78 is 6.29. The van der Waals surface area contributed by atoms with Crippen molar-refractivity contribution < 1.29 is 14.6 Å². The molecule has 1 aromatic carbocycles. The zero-order chi connectivity index (χ0) is 14.0. The predicted octanol–water partition coefficient (Wildman–Crippen LogP) is 1.45. The average Bonchev–Trinajstić information content (AvgIpc) is 2.73. The summed E-state index contributed by atoms with van der Waals surface area (Å²) in [5, 5.41) is 9.12. The molecule has 0 saturated carbocycles. The van der Waals surface area contributed by atoms with Gasteiger partial charge in [0.25, 0.3) is 0 Å². The molecule has 19 heavy (non-hydrogen) atoms. The second-order valence-corrected chi connectivity index (χ2v) is 5.79. The van der Waals surface area contributed by atoms with E-state index in [2.05, 4.69) is 15.9 Å². The van der Waals surface area contributed by atoms with Gasteiger partial charge < -0.3 is 15.6 Å². The molecule has 0 aliphatic carbocycles. The fourth-order valence-electron chi connectivity index (χ4n) is 2.34. The van der Waals surface area contributed by atoms with Crippen molar-refractivity contribution >= 4 is 21.9 Å². The molecule has 1 heterocycles. The van der Waals surface area contributed by atoms with Crippen molar-refractivity contribution in [2.75, 3.05) is 20.2 Å². The molecular weight excluding hydrogens is 312 g/mol. The van der Waals surface area contributed by atoms with Crippen LogP contribution in [0.5, 0.6) is 5.75 Å². The first-order valence-electron chi connectivity index (χ1n) is 6.02. The Bertz CT molecular complexity index is 495. The number of nitrogens with zero attached hydrogens (tertiary/aromatic N) is 1. The summed E-state index contributed by atoms with van der Waals surface area (Å²) in [4.78, 5) is 13.2. The topological polar surface area (TPSA) is 75.8 Å². The molecule has 1 atom stereocenters. The third kappa shape index (κ3) is 3.08. The molecule has 5 nitrogen and oxygen atoms in total. The molecule has 0 aromatic heterocycles. The van der Waals surface area contributed by atoms with Crippen LogP contribution in [-0.2, 0) is 11.3 Å². The van der Waals surface area contributed by atoms with E-state index in [9.17, 15) is 4.79 Å². The molecule has 0 bridgehead atoms. The Morgan fingerprint density at radius 3 is 2.95 bits per heavy atom. The first-order valence-corrected chi connectivity index (χ1v) is 6.81. The van der Waals surface area contributed by atoms with Gasteiger partial charge in [-0.05, 0) is 24.6 Å². The van der Waals surface area contributed by atoms with Gasteiger partial charge in [-0.3, -0.25) is 9.69 Å². The van der Waals surface area contributed by atoms with Gasteiger partial charge in [0.05, 0.1) is 7.11 Å². The lowest BCUT2D eigenvalue weighted by atomic mass is 10.0. The zero-order valence-electron chi connectivity index (χ0n) is 10.7. The lowest BCUT2D eigenvalue weighted by Crippen LogP contribution is -2.50. The predicted molar refractivity (Wildman–Crippen MR) is 75.1 cm³/mol. The van der Waals surface area contributed by atoms with Gasteiger partial charge in [-0.1, -0.05) is 15.9 Å². The van der Waals surface area contributed by atoms with E-state index in [0.29, 0.717) is 26.1 Å². The van der Waals surface area contributed by atoms with Crippen LogP contribution < -0.4 is 10.5 Å². The maximum Gasteiger partial charge on any atom is 0.325 e. The van der Waals surface area contributed by atoms with Crippen molar-refractivity contribution in [2.45, 2.75) is 18.5 Å². The molecule has 0 spiro atoms. The van der Waals surface area contributed by atoms with Crippen LogP contribution in [0.4, 0.5) is 0 Å². The summed E-state index contributed by atoms with van der Waals surface area (Å²) in [6, 6.07) is 5.79. The molecule has 6 heteroatoms. The Balaban J connectivity index is 2.11. The number of hydrogen-bond donors (Lipinski definition) is 2. The Morgan fingerprint density at radius 1 is 1.63 bits per heavy atom. The monoisotopic (exact) mass is 328 g/mol. The summed E-state index contributed by atoms with van der Waals surface area (Å²) in [6.45, 7) is 1.67. The highest BCUT2D eigenvalue weighted by molar-refractivity contribution is 9.10. The van der Waals surface area contributed by atoms with Crippen molar-refractivity contribution in [2.24, 2.45) is 5.73 Å². The minimum absolute atomic E-state index is 0.359. The highest BCUT2D eigenvalue weighted by atomic mass is 79.9. The number of halogens is 1. The van der Waals surface area contributed by atoms with Crippen molar-refractivity contribution in [1.29, 1.82) is 0 Å². The van der Waals surface area contributed by atoms with Crippen LogP contribution in [0.15, 0.2) is 22.7 Å². The van der Waals surface area contributed by atoms with Gasteiger partial charge in [0.15, 0.2) is 0 Å². The molecule has 1 fully saturated rings.